The number of nitroso groups, excluding NO2 is 1. The summed E-state index contributed by atoms with van der Waals surface area (Å²) in [5.41, 5.74) is 1.76. The molecule has 0 aliphatic rings. The Morgan fingerprint density at radius 1 is 1.40 bits per heavy atom. The van der Waals surface area contributed by atoms with Crippen molar-refractivity contribution in [2.24, 2.45) is 5.18 Å². The van der Waals surface area contributed by atoms with Gasteiger partial charge in [-0.2, -0.15) is 0 Å². The third-order valence-electron chi connectivity index (χ3n) is 2.10. The first-order valence-corrected chi connectivity index (χ1v) is 4.79. The van der Waals surface area contributed by atoms with E-state index in [1.54, 1.807) is 12.1 Å². The maximum absolute atomic E-state index is 10.8. The van der Waals surface area contributed by atoms with E-state index in [1.165, 1.54) is 6.92 Å². The first-order chi connectivity index (χ1) is 7.04. The van der Waals surface area contributed by atoms with Gasteiger partial charge in [0, 0.05) is 6.92 Å². The molecule has 0 radical (unpaired) electrons. The van der Waals surface area contributed by atoms with Gasteiger partial charge in [0.1, 0.15) is 5.69 Å². The Labute approximate surface area is 88.7 Å². The highest BCUT2D eigenvalue weighted by atomic mass is 16.3. The summed E-state index contributed by atoms with van der Waals surface area (Å²) >= 11 is 0. The fourth-order valence-corrected chi connectivity index (χ4v) is 1.28. The third kappa shape index (κ3) is 2.87. The van der Waals surface area contributed by atoms with E-state index in [9.17, 15) is 9.70 Å². The van der Waals surface area contributed by atoms with Crippen molar-refractivity contribution in [3.8, 4) is 0 Å². The molecule has 0 atom stereocenters. The Balaban J connectivity index is 3.09. The van der Waals surface area contributed by atoms with Gasteiger partial charge in [0.2, 0.25) is 5.91 Å². The Hall–Kier alpha value is -1.71. The quantitative estimate of drug-likeness (QED) is 0.772. The van der Waals surface area contributed by atoms with Crippen molar-refractivity contribution in [2.75, 3.05) is 5.32 Å². The number of nitrogens with one attached hydrogen (secondary N) is 1. The third-order valence-corrected chi connectivity index (χ3v) is 2.10. The molecule has 0 aliphatic heterocycles. The minimum Gasteiger partial charge on any atom is -0.324 e. The number of anilines is 1. The van der Waals surface area contributed by atoms with Crippen LogP contribution in [0.3, 0.4) is 0 Å². The summed E-state index contributed by atoms with van der Waals surface area (Å²) in [6, 6.07) is 5.28. The minimum atomic E-state index is -0.211. The fraction of sp³-hybridized carbons (Fsp3) is 0.364. The van der Waals surface area contributed by atoms with Crippen LogP contribution in [0, 0.1) is 4.91 Å². The lowest BCUT2D eigenvalue weighted by Crippen LogP contribution is -2.06. The van der Waals surface area contributed by atoms with Crippen LogP contribution in [0.1, 0.15) is 32.3 Å². The van der Waals surface area contributed by atoms with Crippen molar-refractivity contribution < 1.29 is 4.79 Å². The van der Waals surface area contributed by atoms with Gasteiger partial charge in [0.05, 0.1) is 5.69 Å². The van der Waals surface area contributed by atoms with Crippen molar-refractivity contribution in [1.29, 1.82) is 0 Å². The second-order valence-electron chi connectivity index (χ2n) is 3.70. The van der Waals surface area contributed by atoms with Crippen LogP contribution < -0.4 is 5.32 Å². The van der Waals surface area contributed by atoms with Crippen molar-refractivity contribution in [2.45, 2.75) is 26.7 Å². The van der Waals surface area contributed by atoms with Crippen LogP contribution >= 0.6 is 0 Å². The predicted molar refractivity (Wildman–Crippen MR) is 60.3 cm³/mol. The van der Waals surface area contributed by atoms with E-state index in [0.717, 1.165) is 5.56 Å². The molecule has 0 bridgehead atoms. The molecule has 0 spiro atoms. The highest BCUT2D eigenvalue weighted by Gasteiger charge is 2.07. The smallest absolute Gasteiger partial charge is 0.221 e. The number of rotatable bonds is 3. The van der Waals surface area contributed by atoms with Gasteiger partial charge in [-0.1, -0.05) is 19.9 Å². The van der Waals surface area contributed by atoms with Crippen LogP contribution in [0.5, 0.6) is 0 Å². The average Bonchev–Trinajstić information content (AvgIpc) is 2.17. The normalized spacial score (nSPS) is 10.1. The summed E-state index contributed by atoms with van der Waals surface area (Å²) in [5, 5.41) is 5.46. The lowest BCUT2D eigenvalue weighted by atomic mass is 10.0. The molecule has 4 heteroatoms. The van der Waals surface area contributed by atoms with E-state index in [-0.39, 0.29) is 11.6 Å². The van der Waals surface area contributed by atoms with Crippen LogP contribution in [0.4, 0.5) is 11.4 Å². The first-order valence-electron chi connectivity index (χ1n) is 4.79. The van der Waals surface area contributed by atoms with E-state index in [0.29, 0.717) is 11.6 Å². The summed E-state index contributed by atoms with van der Waals surface area (Å²) < 4.78 is 0. The van der Waals surface area contributed by atoms with E-state index >= 15 is 0 Å². The van der Waals surface area contributed by atoms with Gasteiger partial charge in [-0.25, -0.2) is 0 Å². The van der Waals surface area contributed by atoms with E-state index in [2.05, 4.69) is 10.5 Å². The second-order valence-corrected chi connectivity index (χ2v) is 3.70. The Morgan fingerprint density at radius 2 is 2.07 bits per heavy atom. The molecule has 0 aliphatic carbocycles. The standard InChI is InChI=1S/C11H14N2O2/c1-7(2)9-4-5-10(12-8(3)14)11(6-9)13-15/h4-7H,1-3H3,(H,12,14). The Morgan fingerprint density at radius 3 is 2.53 bits per heavy atom. The Bertz CT molecular complexity index is 386. The largest absolute Gasteiger partial charge is 0.324 e. The molecule has 15 heavy (non-hydrogen) atoms. The molecule has 0 fully saturated rings. The number of hydrogen-bond acceptors (Lipinski definition) is 3. The number of benzene rings is 1. The molecule has 4 nitrogen and oxygen atoms in total. The highest BCUT2D eigenvalue weighted by Crippen LogP contribution is 2.28. The van der Waals surface area contributed by atoms with Crippen LogP contribution in [-0.4, -0.2) is 5.91 Å². The Kier molecular flexibility index (Phi) is 3.55. The summed E-state index contributed by atoms with van der Waals surface area (Å²) in [4.78, 5) is 21.4. The topological polar surface area (TPSA) is 58.5 Å². The van der Waals surface area contributed by atoms with E-state index < -0.39 is 0 Å². The van der Waals surface area contributed by atoms with Crippen LogP contribution in [0.25, 0.3) is 0 Å². The van der Waals surface area contributed by atoms with E-state index in [4.69, 9.17) is 0 Å². The predicted octanol–water partition coefficient (Wildman–Crippen LogP) is 3.17. The van der Waals surface area contributed by atoms with Crippen LogP contribution in [0.15, 0.2) is 23.4 Å². The SMILES string of the molecule is CC(=O)Nc1ccc(C(C)C)cc1N=O. The molecular formula is C11H14N2O2. The minimum absolute atomic E-state index is 0.211. The molecule has 0 saturated carbocycles. The molecule has 80 valence electrons. The van der Waals surface area contributed by atoms with Gasteiger partial charge in [0.15, 0.2) is 0 Å². The van der Waals surface area contributed by atoms with Gasteiger partial charge in [-0.05, 0) is 28.8 Å². The van der Waals surface area contributed by atoms with Crippen LogP contribution in [0.2, 0.25) is 0 Å². The van der Waals surface area contributed by atoms with Gasteiger partial charge in [-0.15, -0.1) is 4.91 Å². The number of carbonyl (C=O) groups is 1. The highest BCUT2D eigenvalue weighted by molar-refractivity contribution is 5.92. The molecule has 1 N–H and O–H groups in total. The lowest BCUT2D eigenvalue weighted by molar-refractivity contribution is -0.114. The van der Waals surface area contributed by atoms with Gasteiger partial charge in [-0.3, -0.25) is 4.79 Å². The molecule has 0 unspecified atom stereocenters. The van der Waals surface area contributed by atoms with Crippen molar-refractivity contribution in [3.05, 3.63) is 28.7 Å². The lowest BCUT2D eigenvalue weighted by Gasteiger charge is -2.09. The number of carbonyl (C=O) groups excluding carboxylic acids is 1. The molecule has 0 heterocycles. The molecule has 1 amide bonds. The summed E-state index contributed by atoms with van der Waals surface area (Å²) in [5.74, 6) is 0.120. The number of nitrogens with zero attached hydrogens (tertiary/aromatic N) is 1. The molecule has 0 saturated heterocycles. The zero-order valence-electron chi connectivity index (χ0n) is 9.07. The maximum atomic E-state index is 10.8. The van der Waals surface area contributed by atoms with E-state index in [1.807, 2.05) is 19.9 Å². The summed E-state index contributed by atoms with van der Waals surface area (Å²) in [6.45, 7) is 5.45. The molecule has 1 aromatic carbocycles. The summed E-state index contributed by atoms with van der Waals surface area (Å²) in [7, 11) is 0. The molecule has 1 rings (SSSR count). The van der Waals surface area contributed by atoms with Gasteiger partial charge in [0.25, 0.3) is 0 Å². The fourth-order valence-electron chi connectivity index (χ4n) is 1.28. The number of amides is 1. The monoisotopic (exact) mass is 206 g/mol. The van der Waals surface area contributed by atoms with Crippen molar-refractivity contribution in [3.63, 3.8) is 0 Å². The molecular weight excluding hydrogens is 192 g/mol. The second kappa shape index (κ2) is 4.68. The van der Waals surface area contributed by atoms with Crippen LogP contribution in [-0.2, 0) is 4.79 Å². The van der Waals surface area contributed by atoms with Gasteiger partial charge < -0.3 is 5.32 Å². The molecule has 1 aromatic rings. The molecule has 0 aromatic heterocycles. The van der Waals surface area contributed by atoms with Crippen molar-refractivity contribution >= 4 is 17.3 Å². The summed E-state index contributed by atoms with van der Waals surface area (Å²) in [6.07, 6.45) is 0. The maximum Gasteiger partial charge on any atom is 0.221 e. The zero-order chi connectivity index (χ0) is 11.4. The zero-order valence-corrected chi connectivity index (χ0v) is 9.07. The number of hydrogen-bond donors (Lipinski definition) is 1. The average molecular weight is 206 g/mol. The van der Waals surface area contributed by atoms with Gasteiger partial charge >= 0.3 is 0 Å². The van der Waals surface area contributed by atoms with Crippen molar-refractivity contribution in [1.82, 2.24) is 0 Å². The first kappa shape index (κ1) is 11.4.